The quantitative estimate of drug-likeness (QED) is 0.477. The Labute approximate surface area is 154 Å². The maximum atomic E-state index is 14.3. The maximum absolute atomic E-state index is 14.3. The highest BCUT2D eigenvalue weighted by molar-refractivity contribution is 7.36. The second-order valence-corrected chi connectivity index (χ2v) is 7.39. The summed E-state index contributed by atoms with van der Waals surface area (Å²) >= 11 is 0. The van der Waals surface area contributed by atoms with Gasteiger partial charge in [-0.25, -0.2) is 9.18 Å². The monoisotopic (exact) mass is 406 g/mol. The first kappa shape index (κ1) is 21.4. The van der Waals surface area contributed by atoms with Crippen molar-refractivity contribution >= 4 is 14.1 Å². The second kappa shape index (κ2) is 9.32. The largest absolute Gasteiger partial charge is 0.613 e. The Morgan fingerprint density at radius 1 is 1.52 bits per heavy atom. The highest BCUT2D eigenvalue weighted by atomic mass is 31.1. The highest BCUT2D eigenvalue weighted by Gasteiger charge is 2.39. The molecule has 4 unspecified atom stereocenters. The Bertz CT molecular complexity index is 809. The molecule has 27 heavy (non-hydrogen) atoms. The Morgan fingerprint density at radius 2 is 2.22 bits per heavy atom. The third kappa shape index (κ3) is 6.03. The van der Waals surface area contributed by atoms with Crippen LogP contribution >= 0.6 is 8.18 Å². The molecule has 1 saturated heterocycles. The molecule has 0 saturated carbocycles. The molecule has 1 fully saturated rings. The molecular weight excluding hydrogens is 384 g/mol. The van der Waals surface area contributed by atoms with Gasteiger partial charge in [0.1, 0.15) is 19.3 Å². The molecule has 0 bridgehead atoms. The third-order valence-corrected chi connectivity index (χ3v) is 4.45. The molecule has 4 atom stereocenters. The van der Waals surface area contributed by atoms with Crippen molar-refractivity contribution in [1.82, 2.24) is 14.6 Å². The Kier molecular flexibility index (Phi) is 7.37. The molecule has 12 heteroatoms. The van der Waals surface area contributed by atoms with Gasteiger partial charge in [-0.05, 0) is 25.3 Å². The van der Waals surface area contributed by atoms with Crippen molar-refractivity contribution in [2.75, 3.05) is 13.2 Å². The van der Waals surface area contributed by atoms with Crippen LogP contribution in [0, 0.1) is 6.92 Å². The zero-order chi connectivity index (χ0) is 20.1. The van der Waals surface area contributed by atoms with Crippen molar-refractivity contribution in [2.45, 2.75) is 51.8 Å². The van der Waals surface area contributed by atoms with E-state index in [1.165, 1.54) is 13.1 Å². The molecule has 0 aromatic carbocycles. The minimum atomic E-state index is -2.37. The van der Waals surface area contributed by atoms with Gasteiger partial charge in [-0.15, -0.1) is 4.52 Å². The van der Waals surface area contributed by atoms with Gasteiger partial charge in [0.2, 0.25) is 0 Å². The summed E-state index contributed by atoms with van der Waals surface area (Å²) in [5, 5.41) is 2.36. The lowest BCUT2D eigenvalue weighted by Gasteiger charge is -2.16. The summed E-state index contributed by atoms with van der Waals surface area (Å²) < 4.78 is 42.3. The van der Waals surface area contributed by atoms with Crippen LogP contribution in [0.15, 0.2) is 15.8 Å². The number of alkyl halides is 1. The van der Waals surface area contributed by atoms with E-state index in [4.69, 9.17) is 14.0 Å². The van der Waals surface area contributed by atoms with Gasteiger partial charge in [0, 0.05) is 18.2 Å². The van der Waals surface area contributed by atoms with E-state index in [1.807, 2.05) is 0 Å². The highest BCUT2D eigenvalue weighted by Crippen LogP contribution is 2.32. The number of esters is 1. The fourth-order valence-electron chi connectivity index (χ4n) is 2.46. The van der Waals surface area contributed by atoms with E-state index < -0.39 is 43.9 Å². The van der Waals surface area contributed by atoms with Crippen molar-refractivity contribution < 1.29 is 27.7 Å². The first-order chi connectivity index (χ1) is 12.7. The molecule has 10 nitrogen and oxygen atoms in total. The number of carbonyl (C=O) groups is 1. The number of carbonyl (C=O) groups excluding carboxylic acids is 1. The summed E-state index contributed by atoms with van der Waals surface area (Å²) in [4.78, 5) is 36.7. The van der Waals surface area contributed by atoms with Gasteiger partial charge in [-0.2, -0.15) is 0 Å². The summed E-state index contributed by atoms with van der Waals surface area (Å²) in [5.74, 6) is -0.578. The Hall–Kier alpha value is -1.94. The van der Waals surface area contributed by atoms with E-state index in [0.717, 1.165) is 4.57 Å². The van der Waals surface area contributed by atoms with E-state index >= 15 is 0 Å². The molecule has 0 radical (unpaired) electrons. The van der Waals surface area contributed by atoms with Gasteiger partial charge in [-0.1, -0.05) is 5.09 Å². The summed E-state index contributed by atoms with van der Waals surface area (Å²) in [6.07, 6.45) is -2.60. The van der Waals surface area contributed by atoms with E-state index in [1.54, 1.807) is 13.8 Å². The molecule has 2 N–H and O–H groups in total. The molecule has 1 aromatic rings. The number of nitrogens with zero attached hydrogens (tertiary/aromatic N) is 1. The van der Waals surface area contributed by atoms with Gasteiger partial charge in [0.25, 0.3) is 5.56 Å². The summed E-state index contributed by atoms with van der Waals surface area (Å²) in [6, 6.07) is 0. The Morgan fingerprint density at radius 3 is 2.89 bits per heavy atom. The second-order valence-electron chi connectivity index (χ2n) is 6.31. The van der Waals surface area contributed by atoms with Crippen LogP contribution in [0.5, 0.6) is 0 Å². The number of aryl methyl sites for hydroxylation is 1. The number of hydrogen-bond donors (Lipinski definition) is 2. The molecular formula is C15H22FN3O7P+. The van der Waals surface area contributed by atoms with Crippen LogP contribution in [0.2, 0.25) is 0 Å². The SMILES string of the molecule is Cc1cn(C2OC(CO[P+](=O)NCC(=O)OC(C)C)CC2F)c(=O)[nH]c1=O. The molecule has 0 amide bonds. The summed E-state index contributed by atoms with van der Waals surface area (Å²) in [6.45, 7) is 4.36. The molecule has 1 aliphatic rings. The van der Waals surface area contributed by atoms with Gasteiger partial charge in [-0.3, -0.25) is 19.1 Å². The number of aromatic amines is 1. The lowest BCUT2D eigenvalue weighted by molar-refractivity contribution is -0.145. The van der Waals surface area contributed by atoms with Crippen molar-refractivity contribution in [3.63, 3.8) is 0 Å². The van der Waals surface area contributed by atoms with Crippen LogP contribution in [0.1, 0.15) is 32.1 Å². The predicted octanol–water partition coefficient (Wildman–Crippen LogP) is 0.686. The molecule has 150 valence electrons. The minimum absolute atomic E-state index is 0.0756. The van der Waals surface area contributed by atoms with Crippen LogP contribution < -0.4 is 16.3 Å². The van der Waals surface area contributed by atoms with Crippen molar-refractivity contribution in [3.05, 3.63) is 32.6 Å². The summed E-state index contributed by atoms with van der Waals surface area (Å²) in [7, 11) is -2.37. The van der Waals surface area contributed by atoms with Crippen LogP contribution in [-0.2, 0) is 23.4 Å². The number of rotatable bonds is 8. The average molecular weight is 406 g/mol. The molecule has 0 spiro atoms. The van der Waals surface area contributed by atoms with E-state index in [9.17, 15) is 23.3 Å². The van der Waals surface area contributed by atoms with E-state index in [2.05, 4.69) is 10.1 Å². The number of ether oxygens (including phenoxy) is 2. The average Bonchev–Trinajstić information content (AvgIpc) is 2.94. The normalized spacial score (nSPS) is 22.9. The standard InChI is InChI=1S/C15H21FN3O7P/c1-8(2)25-12(20)5-17-27(23)24-7-10-4-11(16)14(26-10)19-6-9(3)13(21)18-15(19)22/h6,8,10-11,14H,4-5,7H2,1-3H3,(H-,17,18,21,22,23)/p+1. The van der Waals surface area contributed by atoms with Gasteiger partial charge in [0.05, 0.1) is 12.2 Å². The topological polar surface area (TPSA) is 129 Å². The molecule has 1 aromatic heterocycles. The molecule has 2 heterocycles. The molecule has 0 aliphatic carbocycles. The first-order valence-corrected chi connectivity index (χ1v) is 9.50. The van der Waals surface area contributed by atoms with Crippen LogP contribution in [-0.4, -0.2) is 47.1 Å². The lowest BCUT2D eigenvalue weighted by Crippen LogP contribution is -2.35. The van der Waals surface area contributed by atoms with Crippen LogP contribution in [0.25, 0.3) is 0 Å². The Balaban J connectivity index is 1.85. The fraction of sp³-hybridized carbons (Fsp3) is 0.667. The fourth-order valence-corrected chi connectivity index (χ4v) is 3.11. The predicted molar refractivity (Wildman–Crippen MR) is 92.3 cm³/mol. The van der Waals surface area contributed by atoms with Gasteiger partial charge < -0.3 is 9.47 Å². The first-order valence-electron chi connectivity index (χ1n) is 8.32. The number of nitrogens with one attached hydrogen (secondary N) is 2. The number of aromatic nitrogens is 2. The smallest absolute Gasteiger partial charge is 0.462 e. The number of H-pyrrole nitrogens is 1. The lowest BCUT2D eigenvalue weighted by atomic mass is 10.2. The van der Waals surface area contributed by atoms with E-state index in [0.29, 0.717) is 0 Å². The van der Waals surface area contributed by atoms with Crippen LogP contribution in [0.3, 0.4) is 0 Å². The van der Waals surface area contributed by atoms with Gasteiger partial charge >= 0.3 is 19.8 Å². The molecule has 2 rings (SSSR count). The maximum Gasteiger partial charge on any atom is 0.613 e. The van der Waals surface area contributed by atoms with E-state index in [-0.39, 0.29) is 31.2 Å². The van der Waals surface area contributed by atoms with Crippen molar-refractivity contribution in [1.29, 1.82) is 0 Å². The molecule has 1 aliphatic heterocycles. The number of halogens is 1. The number of hydrogen-bond acceptors (Lipinski definition) is 7. The van der Waals surface area contributed by atoms with Crippen molar-refractivity contribution in [2.24, 2.45) is 0 Å². The zero-order valence-corrected chi connectivity index (χ0v) is 16.0. The summed E-state index contributed by atoms with van der Waals surface area (Å²) in [5.41, 5.74) is -1.09. The van der Waals surface area contributed by atoms with Crippen molar-refractivity contribution in [3.8, 4) is 0 Å². The third-order valence-electron chi connectivity index (χ3n) is 3.65. The van der Waals surface area contributed by atoms with Crippen LogP contribution in [0.4, 0.5) is 4.39 Å². The van der Waals surface area contributed by atoms with Gasteiger partial charge in [0.15, 0.2) is 6.23 Å². The zero-order valence-electron chi connectivity index (χ0n) is 15.1. The minimum Gasteiger partial charge on any atom is -0.462 e.